The fourth-order valence-electron chi connectivity index (χ4n) is 2.83. The van der Waals surface area contributed by atoms with Crippen molar-refractivity contribution >= 4 is 21.9 Å². The lowest BCUT2D eigenvalue weighted by atomic mass is 10.1. The maximum atomic E-state index is 11.2. The quantitative estimate of drug-likeness (QED) is 0.373. The molecule has 5 nitrogen and oxygen atoms in total. The number of carbonyl (C=O) groups is 1. The van der Waals surface area contributed by atoms with E-state index in [0.717, 1.165) is 34.3 Å². The number of aromatic nitrogens is 2. The number of ether oxygens (including phenoxy) is 2. The highest BCUT2D eigenvalue weighted by Gasteiger charge is 2.09. The predicted molar refractivity (Wildman–Crippen MR) is 111 cm³/mol. The van der Waals surface area contributed by atoms with Gasteiger partial charge in [-0.3, -0.25) is 14.8 Å². The van der Waals surface area contributed by atoms with Gasteiger partial charge in [-0.1, -0.05) is 28.1 Å². The van der Waals surface area contributed by atoms with Crippen LogP contribution in [0.4, 0.5) is 0 Å². The van der Waals surface area contributed by atoms with Crippen LogP contribution in [0, 0.1) is 0 Å². The molecular formula is C22H21BrN2O3. The molecule has 0 unspecified atom stereocenters. The maximum absolute atomic E-state index is 11.2. The summed E-state index contributed by atoms with van der Waals surface area (Å²) in [4.78, 5) is 19.7. The van der Waals surface area contributed by atoms with Crippen molar-refractivity contribution in [3.8, 4) is 11.5 Å². The summed E-state index contributed by atoms with van der Waals surface area (Å²) in [7, 11) is 0. The van der Waals surface area contributed by atoms with Gasteiger partial charge >= 0.3 is 5.97 Å². The summed E-state index contributed by atoms with van der Waals surface area (Å²) < 4.78 is 12.2. The van der Waals surface area contributed by atoms with E-state index in [1.807, 2.05) is 30.3 Å². The predicted octanol–water partition coefficient (Wildman–Crippen LogP) is 4.77. The van der Waals surface area contributed by atoms with Gasteiger partial charge in [-0.25, -0.2) is 0 Å². The SMILES string of the molecule is CC(=O)Oc1cnccc1CCCOc1cccnc1Cc1cccc(Br)c1. The van der Waals surface area contributed by atoms with Gasteiger partial charge in [0.25, 0.3) is 0 Å². The van der Waals surface area contributed by atoms with Crippen LogP contribution in [0.5, 0.6) is 11.5 Å². The van der Waals surface area contributed by atoms with Crippen LogP contribution >= 0.6 is 15.9 Å². The molecule has 0 aliphatic carbocycles. The lowest BCUT2D eigenvalue weighted by molar-refractivity contribution is -0.131. The summed E-state index contributed by atoms with van der Waals surface area (Å²) in [5.74, 6) is 0.946. The molecule has 2 heterocycles. The second-order valence-corrected chi connectivity index (χ2v) is 7.20. The Labute approximate surface area is 172 Å². The van der Waals surface area contributed by atoms with Gasteiger partial charge in [0.05, 0.1) is 18.5 Å². The molecule has 1 aromatic carbocycles. The molecule has 0 radical (unpaired) electrons. The van der Waals surface area contributed by atoms with Gasteiger partial charge in [0, 0.05) is 30.2 Å². The molecule has 0 bridgehead atoms. The number of halogens is 1. The summed E-state index contributed by atoms with van der Waals surface area (Å²) in [6.07, 6.45) is 7.25. The molecule has 0 N–H and O–H groups in total. The van der Waals surface area contributed by atoms with Crippen LogP contribution in [0.1, 0.15) is 30.2 Å². The molecular weight excluding hydrogens is 420 g/mol. The fraction of sp³-hybridized carbons (Fsp3) is 0.227. The first kappa shape index (κ1) is 20.0. The average molecular weight is 441 g/mol. The summed E-state index contributed by atoms with van der Waals surface area (Å²) in [6, 6.07) is 13.8. The number of pyridine rings is 2. The second-order valence-electron chi connectivity index (χ2n) is 6.28. The Hall–Kier alpha value is -2.73. The number of hydrogen-bond acceptors (Lipinski definition) is 5. The third kappa shape index (κ3) is 5.89. The van der Waals surface area contributed by atoms with Crippen LogP contribution in [0.15, 0.2) is 65.5 Å². The van der Waals surface area contributed by atoms with Crippen molar-refractivity contribution < 1.29 is 14.3 Å². The Morgan fingerprint density at radius 2 is 2.00 bits per heavy atom. The fourth-order valence-corrected chi connectivity index (χ4v) is 3.28. The van der Waals surface area contributed by atoms with Crippen LogP contribution in [0.25, 0.3) is 0 Å². The Balaban J connectivity index is 1.58. The highest BCUT2D eigenvalue weighted by Crippen LogP contribution is 2.22. The summed E-state index contributed by atoms with van der Waals surface area (Å²) in [6.45, 7) is 1.92. The standard InChI is InChI=1S/C22H21BrN2O3/c1-16(26)28-22-15-24-11-9-18(22)6-4-12-27-21-8-3-10-25-20(21)14-17-5-2-7-19(23)13-17/h2-3,5,7-11,13,15H,4,6,12,14H2,1H3. The van der Waals surface area contributed by atoms with Crippen molar-refractivity contribution in [3.63, 3.8) is 0 Å². The molecule has 0 spiro atoms. The van der Waals surface area contributed by atoms with E-state index in [1.54, 1.807) is 18.6 Å². The summed E-state index contributed by atoms with van der Waals surface area (Å²) >= 11 is 3.50. The number of hydrogen-bond donors (Lipinski definition) is 0. The molecule has 28 heavy (non-hydrogen) atoms. The van der Waals surface area contributed by atoms with Crippen molar-refractivity contribution in [2.45, 2.75) is 26.2 Å². The summed E-state index contributed by atoms with van der Waals surface area (Å²) in [5.41, 5.74) is 3.01. The molecule has 0 aliphatic heterocycles. The van der Waals surface area contributed by atoms with Crippen LogP contribution in [0.3, 0.4) is 0 Å². The van der Waals surface area contributed by atoms with Gasteiger partial charge in [0.1, 0.15) is 5.75 Å². The lowest BCUT2D eigenvalue weighted by Gasteiger charge is -2.12. The Kier molecular flexibility index (Phi) is 7.14. The maximum Gasteiger partial charge on any atom is 0.308 e. The third-order valence-corrected chi connectivity index (χ3v) is 4.57. The molecule has 2 aromatic heterocycles. The number of aryl methyl sites for hydroxylation is 1. The van der Waals surface area contributed by atoms with Crippen LogP contribution < -0.4 is 9.47 Å². The third-order valence-electron chi connectivity index (χ3n) is 4.08. The number of nitrogens with zero attached hydrogens (tertiary/aromatic N) is 2. The smallest absolute Gasteiger partial charge is 0.308 e. The number of carbonyl (C=O) groups excluding carboxylic acids is 1. The van der Waals surface area contributed by atoms with E-state index in [9.17, 15) is 4.79 Å². The molecule has 0 fully saturated rings. The molecule has 0 amide bonds. The van der Waals surface area contributed by atoms with Gasteiger partial charge in [-0.05, 0) is 54.3 Å². The Morgan fingerprint density at radius 3 is 2.82 bits per heavy atom. The molecule has 0 aliphatic rings. The van der Waals surface area contributed by atoms with Crippen LogP contribution in [-0.4, -0.2) is 22.5 Å². The zero-order valence-corrected chi connectivity index (χ0v) is 17.2. The van der Waals surface area contributed by atoms with Crippen molar-refractivity contribution in [2.24, 2.45) is 0 Å². The first-order valence-corrected chi connectivity index (χ1v) is 9.83. The molecule has 3 rings (SSSR count). The largest absolute Gasteiger partial charge is 0.492 e. The zero-order valence-electron chi connectivity index (χ0n) is 15.6. The highest BCUT2D eigenvalue weighted by atomic mass is 79.9. The van der Waals surface area contributed by atoms with Crippen molar-refractivity contribution in [3.05, 3.63) is 82.3 Å². The molecule has 144 valence electrons. The Morgan fingerprint density at radius 1 is 1.11 bits per heavy atom. The minimum Gasteiger partial charge on any atom is -0.492 e. The minimum atomic E-state index is -0.349. The first-order chi connectivity index (χ1) is 13.6. The van der Waals surface area contributed by atoms with Gasteiger partial charge < -0.3 is 9.47 Å². The zero-order chi connectivity index (χ0) is 19.8. The van der Waals surface area contributed by atoms with Crippen molar-refractivity contribution in [1.29, 1.82) is 0 Å². The van der Waals surface area contributed by atoms with Crippen LogP contribution in [0.2, 0.25) is 0 Å². The topological polar surface area (TPSA) is 61.3 Å². The number of esters is 1. The molecule has 0 saturated heterocycles. The molecule has 0 atom stereocenters. The van der Waals surface area contributed by atoms with Gasteiger partial charge in [0.15, 0.2) is 5.75 Å². The monoisotopic (exact) mass is 440 g/mol. The lowest BCUT2D eigenvalue weighted by Crippen LogP contribution is -2.06. The van der Waals surface area contributed by atoms with E-state index >= 15 is 0 Å². The van der Waals surface area contributed by atoms with E-state index in [-0.39, 0.29) is 5.97 Å². The Bertz CT molecular complexity index is 946. The van der Waals surface area contributed by atoms with E-state index in [0.29, 0.717) is 18.8 Å². The minimum absolute atomic E-state index is 0.349. The first-order valence-electron chi connectivity index (χ1n) is 9.04. The molecule has 0 saturated carbocycles. The van der Waals surface area contributed by atoms with Gasteiger partial charge in [0.2, 0.25) is 0 Å². The molecule has 3 aromatic rings. The molecule has 6 heteroatoms. The van der Waals surface area contributed by atoms with Gasteiger partial charge in [-0.15, -0.1) is 0 Å². The highest BCUT2D eigenvalue weighted by molar-refractivity contribution is 9.10. The number of rotatable bonds is 8. The van der Waals surface area contributed by atoms with Crippen molar-refractivity contribution in [1.82, 2.24) is 9.97 Å². The number of benzene rings is 1. The van der Waals surface area contributed by atoms with E-state index in [1.165, 1.54) is 12.5 Å². The second kappa shape index (κ2) is 9.99. The van der Waals surface area contributed by atoms with Crippen LogP contribution in [-0.2, 0) is 17.6 Å². The van der Waals surface area contributed by atoms with E-state index in [2.05, 4.69) is 38.0 Å². The normalized spacial score (nSPS) is 10.5. The van der Waals surface area contributed by atoms with E-state index in [4.69, 9.17) is 9.47 Å². The summed E-state index contributed by atoms with van der Waals surface area (Å²) in [5, 5.41) is 0. The van der Waals surface area contributed by atoms with Gasteiger partial charge in [-0.2, -0.15) is 0 Å². The van der Waals surface area contributed by atoms with E-state index < -0.39 is 0 Å². The average Bonchev–Trinajstić information content (AvgIpc) is 2.67. The van der Waals surface area contributed by atoms with Crippen molar-refractivity contribution in [2.75, 3.05) is 6.61 Å².